The van der Waals surface area contributed by atoms with Gasteiger partial charge in [-0.25, -0.2) is 17.6 Å². The SMILES string of the molecule is Cc1ccc(C#N)c(F)c1F.Cc1ccc(C(N)=O)c(F)c1F. The Morgan fingerprint density at radius 3 is 1.87 bits per heavy atom. The second-order valence-electron chi connectivity index (χ2n) is 4.59. The third-order valence-corrected chi connectivity index (χ3v) is 2.94. The molecule has 7 heteroatoms. The Kier molecular flexibility index (Phi) is 5.85. The van der Waals surface area contributed by atoms with Crippen LogP contribution in [-0.4, -0.2) is 5.91 Å². The molecule has 0 spiro atoms. The van der Waals surface area contributed by atoms with E-state index in [-0.39, 0.29) is 16.7 Å². The molecule has 0 aliphatic carbocycles. The number of hydrogen-bond donors (Lipinski definition) is 1. The van der Waals surface area contributed by atoms with Crippen LogP contribution < -0.4 is 5.73 Å². The number of primary amides is 1. The zero-order valence-corrected chi connectivity index (χ0v) is 12.3. The normalized spacial score (nSPS) is 9.61. The minimum absolute atomic E-state index is 0.150. The predicted octanol–water partition coefficient (Wildman–Crippen LogP) is 3.52. The van der Waals surface area contributed by atoms with Crippen LogP contribution in [0.1, 0.15) is 27.0 Å². The van der Waals surface area contributed by atoms with Crippen LogP contribution in [0.25, 0.3) is 0 Å². The van der Waals surface area contributed by atoms with Gasteiger partial charge in [-0.2, -0.15) is 5.26 Å². The average molecular weight is 324 g/mol. The standard InChI is InChI=1S/C8H7F2NO.C8H5F2N/c1-4-2-3-5(8(11)12)7(10)6(4)9;1-5-2-3-6(4-11)8(10)7(5)9/h2-3H,1H3,(H2,11,12);2-3H,1H3. The van der Waals surface area contributed by atoms with Gasteiger partial charge in [-0.15, -0.1) is 0 Å². The molecule has 2 N–H and O–H groups in total. The molecular weight excluding hydrogens is 312 g/mol. The first-order valence-corrected chi connectivity index (χ1v) is 6.29. The van der Waals surface area contributed by atoms with Gasteiger partial charge in [0, 0.05) is 0 Å². The third kappa shape index (κ3) is 4.07. The molecule has 2 rings (SSSR count). The number of nitrogens with zero attached hydrogens (tertiary/aromatic N) is 1. The molecule has 0 aromatic heterocycles. The molecule has 0 atom stereocenters. The fourth-order valence-corrected chi connectivity index (χ4v) is 1.57. The highest BCUT2D eigenvalue weighted by molar-refractivity contribution is 5.93. The number of aryl methyl sites for hydroxylation is 2. The number of nitrogens with two attached hydrogens (primary N) is 1. The first-order valence-electron chi connectivity index (χ1n) is 6.29. The molecule has 3 nitrogen and oxygen atoms in total. The Morgan fingerprint density at radius 2 is 1.39 bits per heavy atom. The Labute approximate surface area is 130 Å². The number of hydrogen-bond acceptors (Lipinski definition) is 2. The van der Waals surface area contributed by atoms with Crippen molar-refractivity contribution < 1.29 is 22.4 Å². The molecule has 23 heavy (non-hydrogen) atoms. The summed E-state index contributed by atoms with van der Waals surface area (Å²) < 4.78 is 50.9. The largest absolute Gasteiger partial charge is 0.366 e. The quantitative estimate of drug-likeness (QED) is 0.816. The van der Waals surface area contributed by atoms with Crippen LogP contribution in [-0.2, 0) is 0 Å². The molecule has 0 saturated heterocycles. The van der Waals surface area contributed by atoms with Crippen molar-refractivity contribution in [1.82, 2.24) is 0 Å². The third-order valence-electron chi connectivity index (χ3n) is 2.94. The lowest BCUT2D eigenvalue weighted by Gasteiger charge is -2.01. The first kappa shape index (κ1) is 18.2. The van der Waals surface area contributed by atoms with Gasteiger partial charge in [-0.3, -0.25) is 4.79 Å². The first-order chi connectivity index (χ1) is 10.7. The minimum Gasteiger partial charge on any atom is -0.366 e. The van der Waals surface area contributed by atoms with Gasteiger partial charge < -0.3 is 5.73 Å². The molecule has 2 aromatic rings. The van der Waals surface area contributed by atoms with E-state index in [1.165, 1.54) is 32.0 Å². The Hall–Kier alpha value is -2.88. The number of carbonyl (C=O) groups excluding carboxylic acids is 1. The molecule has 2 aromatic carbocycles. The van der Waals surface area contributed by atoms with E-state index in [0.29, 0.717) is 0 Å². The van der Waals surface area contributed by atoms with Crippen molar-refractivity contribution in [3.63, 3.8) is 0 Å². The van der Waals surface area contributed by atoms with Crippen LogP contribution in [0.15, 0.2) is 24.3 Å². The van der Waals surface area contributed by atoms with E-state index in [2.05, 4.69) is 0 Å². The van der Waals surface area contributed by atoms with Gasteiger partial charge in [0.05, 0.1) is 11.1 Å². The summed E-state index contributed by atoms with van der Waals surface area (Å²) in [6.07, 6.45) is 0. The van der Waals surface area contributed by atoms with Crippen molar-refractivity contribution >= 4 is 5.91 Å². The topological polar surface area (TPSA) is 66.9 Å². The molecule has 0 heterocycles. The van der Waals surface area contributed by atoms with Crippen LogP contribution in [0.4, 0.5) is 17.6 Å². The summed E-state index contributed by atoms with van der Waals surface area (Å²) in [7, 11) is 0. The Balaban J connectivity index is 0.000000231. The van der Waals surface area contributed by atoms with E-state index in [0.717, 1.165) is 6.07 Å². The van der Waals surface area contributed by atoms with Gasteiger partial charge >= 0.3 is 0 Å². The van der Waals surface area contributed by atoms with Crippen LogP contribution in [0, 0.1) is 48.4 Å². The number of halogens is 4. The van der Waals surface area contributed by atoms with Gasteiger partial charge in [-0.05, 0) is 37.1 Å². The van der Waals surface area contributed by atoms with E-state index >= 15 is 0 Å². The smallest absolute Gasteiger partial charge is 0.251 e. The van der Waals surface area contributed by atoms with E-state index in [9.17, 15) is 22.4 Å². The number of amides is 1. The predicted molar refractivity (Wildman–Crippen MR) is 75.4 cm³/mol. The van der Waals surface area contributed by atoms with Crippen molar-refractivity contribution in [2.45, 2.75) is 13.8 Å². The molecular formula is C16H12F4N2O. The van der Waals surface area contributed by atoms with Gasteiger partial charge in [0.15, 0.2) is 23.3 Å². The van der Waals surface area contributed by atoms with Crippen molar-refractivity contribution in [3.05, 3.63) is 69.8 Å². The highest BCUT2D eigenvalue weighted by atomic mass is 19.2. The second-order valence-corrected chi connectivity index (χ2v) is 4.59. The Bertz CT molecular complexity index is 798. The van der Waals surface area contributed by atoms with Crippen LogP contribution in [0.5, 0.6) is 0 Å². The summed E-state index contributed by atoms with van der Waals surface area (Å²) in [6.45, 7) is 2.85. The van der Waals surface area contributed by atoms with E-state index in [4.69, 9.17) is 11.0 Å². The highest BCUT2D eigenvalue weighted by Crippen LogP contribution is 2.15. The van der Waals surface area contributed by atoms with Crippen molar-refractivity contribution in [2.24, 2.45) is 5.73 Å². The Morgan fingerprint density at radius 1 is 0.913 bits per heavy atom. The van der Waals surface area contributed by atoms with Gasteiger partial charge in [0.25, 0.3) is 5.91 Å². The van der Waals surface area contributed by atoms with Crippen molar-refractivity contribution in [1.29, 1.82) is 5.26 Å². The van der Waals surface area contributed by atoms with Crippen molar-refractivity contribution in [3.8, 4) is 6.07 Å². The lowest BCUT2D eigenvalue weighted by molar-refractivity contribution is 0.0995. The fourth-order valence-electron chi connectivity index (χ4n) is 1.57. The zero-order valence-electron chi connectivity index (χ0n) is 12.3. The molecule has 0 radical (unpaired) electrons. The number of rotatable bonds is 1. The van der Waals surface area contributed by atoms with Gasteiger partial charge in [0.2, 0.25) is 0 Å². The summed E-state index contributed by atoms with van der Waals surface area (Å²) in [4.78, 5) is 10.5. The molecule has 0 aliphatic rings. The lowest BCUT2D eigenvalue weighted by atomic mass is 10.1. The van der Waals surface area contributed by atoms with Crippen LogP contribution in [0.2, 0.25) is 0 Å². The number of nitriles is 1. The van der Waals surface area contributed by atoms with E-state index in [1.54, 1.807) is 6.07 Å². The molecule has 120 valence electrons. The van der Waals surface area contributed by atoms with Crippen LogP contribution in [0.3, 0.4) is 0 Å². The average Bonchev–Trinajstić information content (AvgIpc) is 2.51. The number of carbonyl (C=O) groups is 1. The molecule has 0 aliphatic heterocycles. The molecule has 0 saturated carbocycles. The van der Waals surface area contributed by atoms with Gasteiger partial charge in [0.1, 0.15) is 6.07 Å². The zero-order chi connectivity index (χ0) is 17.7. The monoisotopic (exact) mass is 324 g/mol. The summed E-state index contributed by atoms with van der Waals surface area (Å²) in [5.41, 5.74) is 4.47. The molecule has 0 fully saturated rings. The van der Waals surface area contributed by atoms with Crippen molar-refractivity contribution in [2.75, 3.05) is 0 Å². The summed E-state index contributed by atoms with van der Waals surface area (Å²) >= 11 is 0. The van der Waals surface area contributed by atoms with E-state index < -0.39 is 34.7 Å². The maximum absolute atomic E-state index is 12.8. The summed E-state index contributed by atoms with van der Waals surface area (Å²) in [5, 5.41) is 8.28. The maximum Gasteiger partial charge on any atom is 0.251 e. The maximum atomic E-state index is 12.8. The molecule has 0 bridgehead atoms. The molecule has 1 amide bonds. The lowest BCUT2D eigenvalue weighted by Crippen LogP contribution is -2.14. The second kappa shape index (κ2) is 7.40. The minimum atomic E-state index is -1.18. The summed E-state index contributed by atoms with van der Waals surface area (Å²) in [6, 6.07) is 6.64. The fraction of sp³-hybridized carbons (Fsp3) is 0.125. The highest BCUT2D eigenvalue weighted by Gasteiger charge is 2.14. The number of benzene rings is 2. The van der Waals surface area contributed by atoms with Crippen LogP contribution >= 0.6 is 0 Å². The molecule has 0 unspecified atom stereocenters. The van der Waals surface area contributed by atoms with Gasteiger partial charge in [-0.1, -0.05) is 12.1 Å². The summed E-state index contributed by atoms with van der Waals surface area (Å²) in [5.74, 6) is -5.17. The van der Waals surface area contributed by atoms with E-state index in [1.807, 2.05) is 0 Å².